The molecule has 1 atom stereocenters. The lowest BCUT2D eigenvalue weighted by atomic mass is 10.0. The zero-order valence-electron chi connectivity index (χ0n) is 9.09. The monoisotopic (exact) mass is 211 g/mol. The molecule has 1 rings (SSSR count). The average molecular weight is 211 g/mol. The Bertz CT molecular complexity index is 325. The maximum Gasteiger partial charge on any atom is 0.125 e. The van der Waals surface area contributed by atoms with Crippen molar-refractivity contribution < 1.29 is 4.74 Å². The maximum absolute atomic E-state index is 5.34. The molecule has 1 unspecified atom stereocenters. The van der Waals surface area contributed by atoms with Crippen LogP contribution in [0.3, 0.4) is 0 Å². The van der Waals surface area contributed by atoms with Gasteiger partial charge >= 0.3 is 0 Å². The summed E-state index contributed by atoms with van der Waals surface area (Å²) in [5, 5.41) is 3.12. The normalized spacial score (nSPS) is 12.6. The number of benzene rings is 1. The molecule has 0 amide bonds. The van der Waals surface area contributed by atoms with Gasteiger partial charge in [0, 0.05) is 5.56 Å². The highest BCUT2D eigenvalue weighted by Crippen LogP contribution is 2.31. The molecule has 2 nitrogen and oxygen atoms in total. The molecule has 0 fully saturated rings. The van der Waals surface area contributed by atoms with Crippen molar-refractivity contribution in [2.45, 2.75) is 19.2 Å². The van der Waals surface area contributed by atoms with Crippen LogP contribution in [-0.2, 0) is 0 Å². The van der Waals surface area contributed by atoms with Gasteiger partial charge in [-0.05, 0) is 38.1 Å². The summed E-state index contributed by atoms with van der Waals surface area (Å²) in [6.07, 6.45) is 0. The first-order valence-electron chi connectivity index (χ1n) is 4.60. The van der Waals surface area contributed by atoms with Crippen LogP contribution < -0.4 is 10.1 Å². The first-order chi connectivity index (χ1) is 6.60. The highest BCUT2D eigenvalue weighted by Gasteiger charge is 2.13. The van der Waals surface area contributed by atoms with E-state index in [9.17, 15) is 0 Å². The molecule has 3 heteroatoms. The predicted molar refractivity (Wildman–Crippen MR) is 63.3 cm³/mol. The average Bonchev–Trinajstić information content (AvgIpc) is 2.15. The molecular formula is C11H17NOS. The fraction of sp³-hybridized carbons (Fsp3) is 0.455. The Morgan fingerprint density at radius 3 is 2.50 bits per heavy atom. The Balaban J connectivity index is 3.24. The van der Waals surface area contributed by atoms with E-state index in [4.69, 9.17) is 4.74 Å². The number of hydrogen-bond donors (Lipinski definition) is 2. The van der Waals surface area contributed by atoms with E-state index in [0.29, 0.717) is 0 Å². The van der Waals surface area contributed by atoms with Crippen LogP contribution in [0.4, 0.5) is 0 Å². The summed E-state index contributed by atoms with van der Waals surface area (Å²) in [5.74, 6) is 0.900. The van der Waals surface area contributed by atoms with E-state index in [2.05, 4.69) is 37.9 Å². The number of thiol groups is 1. The third-order valence-corrected chi connectivity index (χ3v) is 2.78. The van der Waals surface area contributed by atoms with Gasteiger partial charge in [-0.2, -0.15) is 12.6 Å². The summed E-state index contributed by atoms with van der Waals surface area (Å²) in [5.41, 5.74) is 3.53. The molecule has 0 heterocycles. The van der Waals surface area contributed by atoms with Gasteiger partial charge in [-0.15, -0.1) is 0 Å². The second-order valence-corrected chi connectivity index (χ2v) is 3.91. The SMILES string of the molecule is CNC(S)c1c(C)cc(C)cc1OC. The summed E-state index contributed by atoms with van der Waals surface area (Å²) < 4.78 is 5.34. The number of ether oxygens (including phenoxy) is 1. The van der Waals surface area contributed by atoms with Crippen molar-refractivity contribution in [1.82, 2.24) is 5.32 Å². The second kappa shape index (κ2) is 4.71. The highest BCUT2D eigenvalue weighted by molar-refractivity contribution is 7.80. The van der Waals surface area contributed by atoms with Gasteiger partial charge in [0.25, 0.3) is 0 Å². The third kappa shape index (κ3) is 2.22. The molecular weight excluding hydrogens is 194 g/mol. The molecule has 0 bridgehead atoms. The van der Waals surface area contributed by atoms with Crippen LogP contribution in [0.2, 0.25) is 0 Å². The standard InChI is InChI=1S/C11H17NOS/c1-7-5-8(2)10(11(14)12-3)9(6-7)13-4/h5-6,11-12,14H,1-4H3. The number of nitrogens with one attached hydrogen (secondary N) is 1. The molecule has 0 saturated carbocycles. The molecule has 0 aliphatic heterocycles. The minimum atomic E-state index is 0.0190. The van der Waals surface area contributed by atoms with Crippen LogP contribution in [0.1, 0.15) is 22.1 Å². The topological polar surface area (TPSA) is 21.3 Å². The smallest absolute Gasteiger partial charge is 0.125 e. The van der Waals surface area contributed by atoms with Gasteiger partial charge in [0.15, 0.2) is 0 Å². The Kier molecular flexibility index (Phi) is 3.84. The first kappa shape index (κ1) is 11.4. The summed E-state index contributed by atoms with van der Waals surface area (Å²) >= 11 is 4.46. The first-order valence-corrected chi connectivity index (χ1v) is 5.12. The minimum Gasteiger partial charge on any atom is -0.496 e. The summed E-state index contributed by atoms with van der Waals surface area (Å²) in [6, 6.07) is 4.17. The third-order valence-electron chi connectivity index (χ3n) is 2.26. The fourth-order valence-electron chi connectivity index (χ4n) is 1.60. The summed E-state index contributed by atoms with van der Waals surface area (Å²) in [7, 11) is 3.57. The van der Waals surface area contributed by atoms with Crippen molar-refractivity contribution in [2.75, 3.05) is 14.2 Å². The highest BCUT2D eigenvalue weighted by atomic mass is 32.1. The molecule has 0 aliphatic rings. The molecule has 0 aromatic heterocycles. The molecule has 1 aromatic carbocycles. The largest absolute Gasteiger partial charge is 0.496 e. The van der Waals surface area contributed by atoms with Crippen LogP contribution in [0.5, 0.6) is 5.75 Å². The van der Waals surface area contributed by atoms with Gasteiger partial charge in [-0.25, -0.2) is 0 Å². The van der Waals surface area contributed by atoms with Crippen LogP contribution >= 0.6 is 12.6 Å². The van der Waals surface area contributed by atoms with Crippen LogP contribution in [0.25, 0.3) is 0 Å². The van der Waals surface area contributed by atoms with E-state index >= 15 is 0 Å². The summed E-state index contributed by atoms with van der Waals surface area (Å²) in [6.45, 7) is 4.14. The number of methoxy groups -OCH3 is 1. The van der Waals surface area contributed by atoms with Crippen molar-refractivity contribution in [1.29, 1.82) is 0 Å². The van der Waals surface area contributed by atoms with E-state index in [-0.39, 0.29) is 5.37 Å². The van der Waals surface area contributed by atoms with Crippen LogP contribution in [0, 0.1) is 13.8 Å². The van der Waals surface area contributed by atoms with E-state index in [1.165, 1.54) is 11.1 Å². The molecule has 14 heavy (non-hydrogen) atoms. The molecule has 0 radical (unpaired) electrons. The van der Waals surface area contributed by atoms with Crippen molar-refractivity contribution in [3.05, 3.63) is 28.8 Å². The van der Waals surface area contributed by atoms with Gasteiger partial charge in [0.05, 0.1) is 12.5 Å². The van der Waals surface area contributed by atoms with E-state index in [1.807, 2.05) is 13.1 Å². The van der Waals surface area contributed by atoms with Gasteiger partial charge in [0.2, 0.25) is 0 Å². The minimum absolute atomic E-state index is 0.0190. The number of hydrogen-bond acceptors (Lipinski definition) is 3. The lowest BCUT2D eigenvalue weighted by Gasteiger charge is -2.17. The molecule has 0 spiro atoms. The molecule has 1 aromatic rings. The molecule has 78 valence electrons. The Hall–Kier alpha value is -0.670. The lowest BCUT2D eigenvalue weighted by molar-refractivity contribution is 0.407. The molecule has 0 aliphatic carbocycles. The van der Waals surface area contributed by atoms with Crippen LogP contribution in [0.15, 0.2) is 12.1 Å². The predicted octanol–water partition coefficient (Wildman–Crippen LogP) is 2.46. The molecule has 0 saturated heterocycles. The van der Waals surface area contributed by atoms with Crippen LogP contribution in [-0.4, -0.2) is 14.2 Å². The van der Waals surface area contributed by atoms with Gasteiger partial charge in [-0.1, -0.05) is 6.07 Å². The van der Waals surface area contributed by atoms with Crippen molar-refractivity contribution in [3.63, 3.8) is 0 Å². The Morgan fingerprint density at radius 2 is 2.00 bits per heavy atom. The second-order valence-electron chi connectivity index (χ2n) is 3.39. The zero-order chi connectivity index (χ0) is 10.7. The summed E-state index contributed by atoms with van der Waals surface area (Å²) in [4.78, 5) is 0. The quantitative estimate of drug-likeness (QED) is 0.592. The van der Waals surface area contributed by atoms with Crippen molar-refractivity contribution >= 4 is 12.6 Å². The van der Waals surface area contributed by atoms with E-state index in [0.717, 1.165) is 11.3 Å². The van der Waals surface area contributed by atoms with Gasteiger partial charge < -0.3 is 10.1 Å². The maximum atomic E-state index is 5.34. The van der Waals surface area contributed by atoms with E-state index < -0.39 is 0 Å². The number of aryl methyl sites for hydroxylation is 2. The number of rotatable bonds is 3. The zero-order valence-corrected chi connectivity index (χ0v) is 9.98. The van der Waals surface area contributed by atoms with Gasteiger partial charge in [-0.3, -0.25) is 0 Å². The lowest BCUT2D eigenvalue weighted by Crippen LogP contribution is -2.12. The van der Waals surface area contributed by atoms with E-state index in [1.54, 1.807) is 7.11 Å². The van der Waals surface area contributed by atoms with Crippen molar-refractivity contribution in [2.24, 2.45) is 0 Å². The molecule has 1 N–H and O–H groups in total. The Labute approximate surface area is 91.1 Å². The van der Waals surface area contributed by atoms with Crippen molar-refractivity contribution in [3.8, 4) is 5.75 Å². The van der Waals surface area contributed by atoms with Gasteiger partial charge in [0.1, 0.15) is 5.75 Å². The Morgan fingerprint density at radius 1 is 1.36 bits per heavy atom. The fourth-order valence-corrected chi connectivity index (χ4v) is 1.93.